The lowest BCUT2D eigenvalue weighted by Crippen LogP contribution is -2.15. The molecule has 39 heavy (non-hydrogen) atoms. The number of carbonyl (C=O) groups excluding carboxylic acids is 2. The topological polar surface area (TPSA) is 143 Å². The first-order valence-electron chi connectivity index (χ1n) is 12.7. The van der Waals surface area contributed by atoms with Crippen LogP contribution in [0.5, 0.6) is 0 Å². The first-order valence-corrected chi connectivity index (χ1v) is 12.7. The van der Waals surface area contributed by atoms with Gasteiger partial charge in [0, 0.05) is 34.5 Å². The van der Waals surface area contributed by atoms with Gasteiger partial charge in [0.2, 0.25) is 11.9 Å². The number of carbonyl (C=O) groups is 2. The van der Waals surface area contributed by atoms with E-state index < -0.39 is 0 Å². The molecule has 0 atom stereocenters. The van der Waals surface area contributed by atoms with Gasteiger partial charge in [0.25, 0.3) is 5.91 Å². The van der Waals surface area contributed by atoms with Crippen molar-refractivity contribution in [3.8, 4) is 11.4 Å². The van der Waals surface area contributed by atoms with Crippen LogP contribution in [0.2, 0.25) is 0 Å². The Morgan fingerprint density at radius 2 is 1.82 bits per heavy atom. The van der Waals surface area contributed by atoms with Crippen LogP contribution in [0.25, 0.3) is 11.4 Å². The van der Waals surface area contributed by atoms with Gasteiger partial charge in [0.15, 0.2) is 5.82 Å². The van der Waals surface area contributed by atoms with E-state index in [2.05, 4.69) is 46.4 Å². The van der Waals surface area contributed by atoms with E-state index in [1.165, 1.54) is 0 Å². The molecule has 0 aliphatic carbocycles. The summed E-state index contributed by atoms with van der Waals surface area (Å²) in [6.07, 6.45) is 0.726. The Balaban J connectivity index is 1.41. The number of amides is 2. The van der Waals surface area contributed by atoms with Crippen molar-refractivity contribution in [1.29, 1.82) is 0 Å². The molecular formula is C30H30N6O3. The van der Waals surface area contributed by atoms with Crippen LogP contribution in [0, 0.1) is 0 Å². The highest BCUT2D eigenvalue weighted by Crippen LogP contribution is 2.29. The molecule has 5 N–H and O–H groups in total. The summed E-state index contributed by atoms with van der Waals surface area (Å²) in [6, 6.07) is 18.5. The molecule has 2 heterocycles. The number of hydrogen-bond acceptors (Lipinski definition) is 7. The second-order valence-corrected chi connectivity index (χ2v) is 10.6. The van der Waals surface area contributed by atoms with E-state index >= 15 is 0 Å². The maximum atomic E-state index is 13.0. The summed E-state index contributed by atoms with van der Waals surface area (Å²) in [5, 5.41) is 16.0. The minimum Gasteiger partial charge on any atom is -0.392 e. The fraction of sp³-hybridized carbons (Fsp3) is 0.233. The average Bonchev–Trinajstić information content (AvgIpc) is 3.27. The Kier molecular flexibility index (Phi) is 6.84. The van der Waals surface area contributed by atoms with Crippen LogP contribution >= 0.6 is 0 Å². The zero-order chi connectivity index (χ0) is 27.7. The van der Waals surface area contributed by atoms with Gasteiger partial charge in [-0.2, -0.15) is 9.97 Å². The Bertz CT molecular complexity index is 1580. The Morgan fingerprint density at radius 1 is 1.05 bits per heavy atom. The predicted octanol–water partition coefficient (Wildman–Crippen LogP) is 4.25. The van der Waals surface area contributed by atoms with E-state index in [0.29, 0.717) is 46.9 Å². The number of benzene rings is 3. The molecule has 2 amide bonds. The van der Waals surface area contributed by atoms with E-state index in [9.17, 15) is 14.7 Å². The fourth-order valence-electron chi connectivity index (χ4n) is 4.61. The molecule has 3 aromatic carbocycles. The maximum absolute atomic E-state index is 13.0. The molecule has 0 bridgehead atoms. The summed E-state index contributed by atoms with van der Waals surface area (Å²) < 4.78 is 0. The third-order valence-corrected chi connectivity index (χ3v) is 6.69. The number of nitrogens with two attached hydrogens (primary N) is 1. The lowest BCUT2D eigenvalue weighted by atomic mass is 9.86. The highest BCUT2D eigenvalue weighted by atomic mass is 16.3. The summed E-state index contributed by atoms with van der Waals surface area (Å²) in [5.41, 5.74) is 11.8. The SMILES string of the molecule is CC(C)(C)c1ccc(C(=O)Nc2cccc(-c3nc(N)nc(Cc4ccc5c(c4)CC(=O)N5)n3)c2CO)cc1. The average molecular weight is 523 g/mol. The van der Waals surface area contributed by atoms with Crippen LogP contribution in [-0.2, 0) is 29.7 Å². The van der Waals surface area contributed by atoms with Gasteiger partial charge >= 0.3 is 0 Å². The molecule has 4 aromatic rings. The number of rotatable bonds is 6. The number of aromatic nitrogens is 3. The van der Waals surface area contributed by atoms with E-state index in [-0.39, 0.29) is 29.8 Å². The molecule has 1 aliphatic rings. The van der Waals surface area contributed by atoms with Crippen molar-refractivity contribution in [2.24, 2.45) is 0 Å². The summed E-state index contributed by atoms with van der Waals surface area (Å²) in [5.74, 6) is 0.476. The van der Waals surface area contributed by atoms with Gasteiger partial charge in [-0.3, -0.25) is 9.59 Å². The van der Waals surface area contributed by atoms with Crippen LogP contribution in [0.1, 0.15) is 59.2 Å². The monoisotopic (exact) mass is 522 g/mol. The fourth-order valence-corrected chi connectivity index (χ4v) is 4.61. The third kappa shape index (κ3) is 5.63. The number of nitrogens with zero attached hydrogens (tertiary/aromatic N) is 3. The van der Waals surface area contributed by atoms with Crippen LogP contribution in [0.3, 0.4) is 0 Å². The first kappa shape index (κ1) is 26.0. The van der Waals surface area contributed by atoms with Gasteiger partial charge in [-0.25, -0.2) is 4.98 Å². The lowest BCUT2D eigenvalue weighted by molar-refractivity contribution is -0.115. The zero-order valence-electron chi connectivity index (χ0n) is 22.1. The van der Waals surface area contributed by atoms with Crippen molar-refractivity contribution in [1.82, 2.24) is 15.0 Å². The molecule has 0 radical (unpaired) electrons. The second-order valence-electron chi connectivity index (χ2n) is 10.6. The van der Waals surface area contributed by atoms with E-state index in [1.807, 2.05) is 30.3 Å². The molecule has 1 aliphatic heterocycles. The van der Waals surface area contributed by atoms with Gasteiger partial charge < -0.3 is 21.5 Å². The van der Waals surface area contributed by atoms with Crippen molar-refractivity contribution in [2.45, 2.75) is 45.6 Å². The molecule has 0 unspecified atom stereocenters. The van der Waals surface area contributed by atoms with Crippen molar-refractivity contribution in [3.05, 3.63) is 94.3 Å². The number of fused-ring (bicyclic) bond motifs is 1. The molecule has 0 saturated carbocycles. The standard InChI is InChI=1S/C30H30N6O3/c1-30(2,3)20-10-8-18(9-11-20)28(39)33-24-6-4-5-21(22(24)16-37)27-34-25(35-29(31)36-27)14-17-7-12-23-19(13-17)15-26(38)32-23/h4-13,37H,14-16H2,1-3H3,(H,32,38)(H,33,39)(H2,31,34,35,36). The van der Waals surface area contributed by atoms with Gasteiger partial charge in [0.1, 0.15) is 5.82 Å². The number of hydrogen-bond donors (Lipinski definition) is 4. The second kappa shape index (κ2) is 10.3. The normalized spacial score (nSPS) is 12.7. The van der Waals surface area contributed by atoms with E-state index in [1.54, 1.807) is 30.3 Å². The number of aliphatic hydroxyl groups excluding tert-OH is 1. The van der Waals surface area contributed by atoms with Gasteiger partial charge in [-0.1, -0.05) is 57.2 Å². The van der Waals surface area contributed by atoms with Crippen molar-refractivity contribution >= 4 is 29.1 Å². The zero-order valence-corrected chi connectivity index (χ0v) is 22.1. The van der Waals surface area contributed by atoms with Gasteiger partial charge in [-0.05, 0) is 46.4 Å². The van der Waals surface area contributed by atoms with Crippen molar-refractivity contribution in [2.75, 3.05) is 16.4 Å². The lowest BCUT2D eigenvalue weighted by Gasteiger charge is -2.19. The predicted molar refractivity (Wildman–Crippen MR) is 150 cm³/mol. The molecule has 5 rings (SSSR count). The summed E-state index contributed by atoms with van der Waals surface area (Å²) in [7, 11) is 0. The van der Waals surface area contributed by atoms with Crippen LogP contribution < -0.4 is 16.4 Å². The summed E-state index contributed by atoms with van der Waals surface area (Å²) in [6.45, 7) is 6.00. The molecule has 0 spiro atoms. The number of nitrogens with one attached hydrogen (secondary N) is 2. The first-order chi connectivity index (χ1) is 18.6. The summed E-state index contributed by atoms with van der Waals surface area (Å²) >= 11 is 0. The highest BCUT2D eigenvalue weighted by Gasteiger charge is 2.20. The van der Waals surface area contributed by atoms with Gasteiger partial charge in [-0.15, -0.1) is 0 Å². The van der Waals surface area contributed by atoms with Gasteiger partial charge in [0.05, 0.1) is 13.0 Å². The van der Waals surface area contributed by atoms with Crippen LogP contribution in [0.4, 0.5) is 17.3 Å². The molecule has 0 fully saturated rings. The number of nitrogen functional groups attached to an aromatic ring is 1. The smallest absolute Gasteiger partial charge is 0.255 e. The molecule has 9 nitrogen and oxygen atoms in total. The third-order valence-electron chi connectivity index (χ3n) is 6.69. The Hall–Kier alpha value is -4.63. The van der Waals surface area contributed by atoms with Crippen molar-refractivity contribution < 1.29 is 14.7 Å². The van der Waals surface area contributed by atoms with E-state index in [0.717, 1.165) is 22.4 Å². The minimum absolute atomic E-state index is 0.0184. The van der Waals surface area contributed by atoms with E-state index in [4.69, 9.17) is 5.73 Å². The Labute approximate surface area is 226 Å². The molecule has 198 valence electrons. The molecular weight excluding hydrogens is 492 g/mol. The minimum atomic E-state index is -0.346. The van der Waals surface area contributed by atoms with Crippen LogP contribution in [-0.4, -0.2) is 31.9 Å². The molecule has 0 saturated heterocycles. The number of aliphatic hydroxyl groups is 1. The quantitative estimate of drug-likeness (QED) is 0.296. The molecule has 1 aromatic heterocycles. The maximum Gasteiger partial charge on any atom is 0.255 e. The molecule has 9 heteroatoms. The van der Waals surface area contributed by atoms with Crippen LogP contribution in [0.15, 0.2) is 60.7 Å². The highest BCUT2D eigenvalue weighted by molar-refractivity contribution is 6.05. The largest absolute Gasteiger partial charge is 0.392 e. The Morgan fingerprint density at radius 3 is 2.54 bits per heavy atom. The summed E-state index contributed by atoms with van der Waals surface area (Å²) in [4.78, 5) is 37.9. The van der Waals surface area contributed by atoms with Crippen molar-refractivity contribution in [3.63, 3.8) is 0 Å². The number of anilines is 3.